The van der Waals surface area contributed by atoms with Crippen molar-refractivity contribution in [1.82, 2.24) is 19.9 Å². The van der Waals surface area contributed by atoms with Crippen LogP contribution in [0.3, 0.4) is 0 Å². The van der Waals surface area contributed by atoms with Crippen LogP contribution in [0.15, 0.2) is 183 Å². The normalized spacial score (nSPS) is 13.8. The summed E-state index contributed by atoms with van der Waals surface area (Å²) < 4.78 is 5.43. The number of fused-ring (bicyclic) bond motifs is 6. The Kier molecular flexibility index (Phi) is 22.1. The van der Waals surface area contributed by atoms with Gasteiger partial charge in [-0.3, -0.25) is 0 Å². The summed E-state index contributed by atoms with van der Waals surface area (Å²) in [6, 6.07) is 68.7. The molecule has 0 atom stereocenters. The van der Waals surface area contributed by atoms with Gasteiger partial charge in [0.2, 0.25) is 0 Å². The molecule has 6 aromatic carbocycles. The van der Waals surface area contributed by atoms with Crippen LogP contribution in [0.5, 0.6) is 0 Å². The molecule has 0 N–H and O–H groups in total. The minimum absolute atomic E-state index is 0. The molecule has 14 rings (SSSR count). The largest absolute Gasteiger partial charge is 0.304 e. The Morgan fingerprint density at radius 2 is 0.884 bits per heavy atom. The van der Waals surface area contributed by atoms with Gasteiger partial charge in [0, 0.05) is 82.5 Å². The second kappa shape index (κ2) is 29.4. The van der Waals surface area contributed by atoms with E-state index in [-0.39, 0.29) is 40.2 Å². The minimum Gasteiger partial charge on any atom is -0.304 e. The Morgan fingerprint density at radius 1 is 0.395 bits per heavy atom. The van der Waals surface area contributed by atoms with Crippen LogP contribution in [0.4, 0.5) is 0 Å². The third-order valence-corrected chi connectivity index (χ3v) is 23.0. The van der Waals surface area contributed by atoms with E-state index in [9.17, 15) is 0 Å². The summed E-state index contributed by atoms with van der Waals surface area (Å²) in [5.74, 6) is 1.40. The first-order valence-electron chi connectivity index (χ1n) is 30.2. The van der Waals surface area contributed by atoms with Crippen LogP contribution in [0.1, 0.15) is 98.3 Å². The van der Waals surface area contributed by atoms with Gasteiger partial charge in [-0.15, -0.1) is 118 Å². The van der Waals surface area contributed by atoms with Gasteiger partial charge in [-0.1, -0.05) is 173 Å². The monoisotopic (exact) mass is 1550 g/mol. The van der Waals surface area contributed by atoms with Crippen LogP contribution in [0.25, 0.3) is 85.4 Å². The molecule has 86 heavy (non-hydrogen) atoms. The average Bonchev–Trinajstić information content (AvgIpc) is 1.98. The molecule has 10 heteroatoms. The Hall–Kier alpha value is -5.91. The summed E-state index contributed by atoms with van der Waals surface area (Å²) in [6.45, 7) is 18.7. The van der Waals surface area contributed by atoms with Gasteiger partial charge >= 0.3 is 0 Å². The maximum Gasteiger partial charge on any atom is 0.0783 e. The molecule has 0 spiro atoms. The molecule has 0 amide bonds. The molecule has 0 saturated heterocycles. The predicted octanol–water partition coefficient (Wildman–Crippen LogP) is 20.7. The quantitative estimate of drug-likeness (QED) is 0.112. The molecule has 0 aliphatic heterocycles. The average molecular weight is 1550 g/mol. The van der Waals surface area contributed by atoms with Crippen molar-refractivity contribution in [1.29, 1.82) is 0 Å². The molecular weight excluding hydrogens is 1470 g/mol. The molecule has 2 aliphatic carbocycles. The fourth-order valence-corrected chi connectivity index (χ4v) is 17.8. The summed E-state index contributed by atoms with van der Waals surface area (Å²) in [6.07, 6.45) is 21.5. The van der Waals surface area contributed by atoms with Gasteiger partial charge in [-0.2, -0.15) is 22.7 Å². The fourth-order valence-electron chi connectivity index (χ4n) is 12.0. The van der Waals surface area contributed by atoms with Crippen molar-refractivity contribution in [3.8, 4) is 45.0 Å². The third-order valence-electron chi connectivity index (χ3n) is 16.6. The second-order valence-electron chi connectivity index (χ2n) is 24.9. The van der Waals surface area contributed by atoms with E-state index in [1.807, 2.05) is 110 Å². The van der Waals surface area contributed by atoms with Gasteiger partial charge in [-0.05, 0) is 129 Å². The molecule has 0 bridgehead atoms. The van der Waals surface area contributed by atoms with Crippen LogP contribution in [-0.4, -0.2) is 36.1 Å². The molecule has 12 aromatic rings. The van der Waals surface area contributed by atoms with Crippen LogP contribution in [-0.2, 0) is 40.2 Å². The maximum absolute atomic E-state index is 4.92. The van der Waals surface area contributed by atoms with Gasteiger partial charge in [0.15, 0.2) is 0 Å². The van der Waals surface area contributed by atoms with Crippen molar-refractivity contribution in [3.63, 3.8) is 0 Å². The summed E-state index contributed by atoms with van der Waals surface area (Å²) >= 11 is 3.79. The molecular formula is C76H76Ir2N4S2Si2-4. The van der Waals surface area contributed by atoms with E-state index in [1.165, 1.54) is 138 Å². The number of aromatic nitrogens is 4. The zero-order chi connectivity index (χ0) is 58.2. The summed E-state index contributed by atoms with van der Waals surface area (Å²) in [5, 5.41) is 8.72. The Bertz CT molecular complexity index is 4030. The number of pyridine rings is 4. The molecule has 442 valence electrons. The standard InChI is InChI=1S/2C26H28NSSi.2C12H10N.2Ir/c1-29(2,3)24-14-8-13-23-25(24)21-12-7-11-20(26(21)28-23)22-16-15-19(17-27-22)18-9-5-4-6-10-18;1-29(2,3)24-16-14-20(26-25(24)21-11-7-8-12-23(21)28-26)22-15-13-19(17-27-22)18-9-5-4-6-10-18;2*1-10-7-8-12(13-9-10)11-5-3-2-4-6-11;;/h7-8,12-18H,4-6,9-10H2,1-3H3;7-8,11-13,15-18H,4-6,9-10H2,1-3H3;2*2-5,7-9H,1H3;;/q4*-1;;. The van der Waals surface area contributed by atoms with Crippen LogP contribution in [0, 0.1) is 38.1 Å². The molecule has 2 radical (unpaired) electrons. The number of benzene rings is 6. The predicted molar refractivity (Wildman–Crippen MR) is 367 cm³/mol. The number of rotatable bonds is 8. The van der Waals surface area contributed by atoms with E-state index in [4.69, 9.17) is 9.97 Å². The van der Waals surface area contributed by atoms with E-state index in [0.717, 1.165) is 39.5 Å². The van der Waals surface area contributed by atoms with Gasteiger partial charge in [0.25, 0.3) is 0 Å². The SMILES string of the molecule is C[Si](C)(C)c1c[c-]c(-c2ccc(C3CCCCC3)cn2)c2sc3ccccc3c12.C[Si](C)(C)c1cccc2sc3c(-c4ccc(C5CCCCC5)cn4)[c-]ccc3c12.Cc1ccc(-c2[c-]cccc2)nc1.Cc1ccc(-c2[c-]cccc2)nc1.[Ir].[Ir]. The van der Waals surface area contributed by atoms with Gasteiger partial charge in [-0.25, -0.2) is 0 Å². The molecule has 2 saturated carbocycles. The van der Waals surface area contributed by atoms with Crippen molar-refractivity contribution >= 4 is 89.5 Å². The fraction of sp³-hybridized carbons (Fsp3) is 0.263. The van der Waals surface area contributed by atoms with Crippen LogP contribution < -0.4 is 10.4 Å². The molecule has 2 fully saturated rings. The van der Waals surface area contributed by atoms with Gasteiger partial charge in [0.05, 0.1) is 8.07 Å². The smallest absolute Gasteiger partial charge is 0.0783 e. The molecule has 2 aliphatic rings. The first-order valence-corrected chi connectivity index (χ1v) is 38.8. The van der Waals surface area contributed by atoms with Crippen molar-refractivity contribution in [2.45, 2.75) is 129 Å². The number of hydrogen-bond donors (Lipinski definition) is 0. The molecule has 0 unspecified atom stereocenters. The van der Waals surface area contributed by atoms with Crippen LogP contribution in [0.2, 0.25) is 39.3 Å². The van der Waals surface area contributed by atoms with Crippen molar-refractivity contribution in [3.05, 3.63) is 229 Å². The van der Waals surface area contributed by atoms with Crippen molar-refractivity contribution in [2.24, 2.45) is 0 Å². The summed E-state index contributed by atoms with van der Waals surface area (Å²) in [5.41, 5.74) is 13.7. The zero-order valence-corrected chi connectivity index (χ0v) is 59.2. The van der Waals surface area contributed by atoms with E-state index >= 15 is 0 Å². The van der Waals surface area contributed by atoms with Crippen molar-refractivity contribution < 1.29 is 40.2 Å². The van der Waals surface area contributed by atoms with E-state index < -0.39 is 16.1 Å². The number of aryl methyl sites for hydroxylation is 2. The van der Waals surface area contributed by atoms with E-state index in [0.29, 0.717) is 11.8 Å². The topological polar surface area (TPSA) is 51.6 Å². The van der Waals surface area contributed by atoms with Crippen LogP contribution >= 0.6 is 22.7 Å². The number of nitrogens with zero attached hydrogens (tertiary/aromatic N) is 4. The minimum atomic E-state index is -1.48. The first-order chi connectivity index (χ1) is 40.8. The Labute approximate surface area is 548 Å². The molecule has 4 nitrogen and oxygen atoms in total. The number of thiophene rings is 2. The third kappa shape index (κ3) is 15.3. The van der Waals surface area contributed by atoms with Gasteiger partial charge < -0.3 is 19.9 Å². The summed E-state index contributed by atoms with van der Waals surface area (Å²) in [7, 11) is -2.90. The van der Waals surface area contributed by atoms with Crippen molar-refractivity contribution in [2.75, 3.05) is 0 Å². The first kappa shape index (κ1) is 64.6. The Balaban J connectivity index is 0.000000145. The molecule has 6 heterocycles. The Morgan fingerprint density at radius 3 is 1.37 bits per heavy atom. The maximum atomic E-state index is 4.92. The number of hydrogen-bond acceptors (Lipinski definition) is 6. The van der Waals surface area contributed by atoms with E-state index in [1.54, 1.807) is 5.19 Å². The van der Waals surface area contributed by atoms with Gasteiger partial charge in [0.1, 0.15) is 0 Å². The zero-order valence-electron chi connectivity index (χ0n) is 50.8. The summed E-state index contributed by atoms with van der Waals surface area (Å²) in [4.78, 5) is 18.5. The second-order valence-corrected chi connectivity index (χ2v) is 37.1. The van der Waals surface area contributed by atoms with E-state index in [2.05, 4.69) is 183 Å². The molecule has 6 aromatic heterocycles.